The Hall–Kier alpha value is -4.16. The fourth-order valence-electron chi connectivity index (χ4n) is 8.12. The maximum absolute atomic E-state index is 14.3. The molecular formula is C39H52N2O10. The van der Waals surface area contributed by atoms with E-state index in [9.17, 15) is 14.8 Å². The molecule has 0 bridgehead atoms. The molecule has 0 unspecified atom stereocenters. The second-order valence-electron chi connectivity index (χ2n) is 15.9. The zero-order valence-corrected chi connectivity index (χ0v) is 31.2. The summed E-state index contributed by atoms with van der Waals surface area (Å²) in [5, 5.41) is 14.9. The van der Waals surface area contributed by atoms with Gasteiger partial charge >= 0.3 is 12.1 Å². The number of nitrogens with one attached hydrogen (secondary N) is 1. The first-order chi connectivity index (χ1) is 24.0. The van der Waals surface area contributed by atoms with Crippen molar-refractivity contribution >= 4 is 12.1 Å². The number of hydrogen-bond donors (Lipinski definition) is 2. The molecule has 4 aliphatic heterocycles. The summed E-state index contributed by atoms with van der Waals surface area (Å²) in [6, 6.07) is 6.40. The molecule has 2 N–H and O–H groups in total. The smallest absolute Gasteiger partial charge is 0.408 e. The number of alkyl carbamates (subject to hydrolysis) is 1. The van der Waals surface area contributed by atoms with Crippen molar-refractivity contribution in [2.75, 3.05) is 20.8 Å². The van der Waals surface area contributed by atoms with E-state index in [4.69, 9.17) is 33.2 Å². The number of piperidine rings is 1. The zero-order valence-electron chi connectivity index (χ0n) is 31.2. The molecule has 4 heterocycles. The van der Waals surface area contributed by atoms with Gasteiger partial charge in [0.15, 0.2) is 11.5 Å². The molecule has 2 aromatic carbocycles. The molecule has 1 fully saturated rings. The molecule has 0 spiro atoms. The van der Waals surface area contributed by atoms with Crippen LogP contribution < -0.4 is 29.0 Å². The van der Waals surface area contributed by atoms with E-state index in [1.807, 2.05) is 66.7 Å². The van der Waals surface area contributed by atoms with Gasteiger partial charge in [-0.2, -0.15) is 5.06 Å². The summed E-state index contributed by atoms with van der Waals surface area (Å²) in [7, 11) is 3.12. The summed E-state index contributed by atoms with van der Waals surface area (Å²) in [6.45, 7) is 17.8. The molecular weight excluding hydrogens is 656 g/mol. The number of nitrogens with zero attached hydrogens (tertiary/aromatic N) is 1. The number of methoxy groups -OCH3 is 2. The van der Waals surface area contributed by atoms with Crippen molar-refractivity contribution in [2.24, 2.45) is 5.92 Å². The minimum absolute atomic E-state index is 0.0492. The maximum Gasteiger partial charge on any atom is 0.408 e. The lowest BCUT2D eigenvalue weighted by atomic mass is 9.79. The van der Waals surface area contributed by atoms with E-state index >= 15 is 0 Å². The van der Waals surface area contributed by atoms with Gasteiger partial charge in [0.1, 0.15) is 54.3 Å². The molecule has 6 rings (SSSR count). The fraction of sp³-hybridized carbons (Fsp3) is 0.590. The van der Waals surface area contributed by atoms with Crippen molar-refractivity contribution in [2.45, 2.75) is 122 Å². The van der Waals surface area contributed by atoms with Gasteiger partial charge in [-0.15, -0.1) is 0 Å². The summed E-state index contributed by atoms with van der Waals surface area (Å²) >= 11 is 0. The lowest BCUT2D eigenvalue weighted by Gasteiger charge is -2.50. The van der Waals surface area contributed by atoms with E-state index in [2.05, 4.69) is 11.9 Å². The van der Waals surface area contributed by atoms with Crippen LogP contribution >= 0.6 is 0 Å². The Balaban J connectivity index is 1.32. The van der Waals surface area contributed by atoms with Gasteiger partial charge in [-0.1, -0.05) is 20.4 Å². The third kappa shape index (κ3) is 7.04. The van der Waals surface area contributed by atoms with Crippen LogP contribution in [0.15, 0.2) is 36.4 Å². The normalized spacial score (nSPS) is 25.0. The number of carbonyl (C=O) groups is 2. The van der Waals surface area contributed by atoms with E-state index < -0.39 is 53.4 Å². The number of ether oxygens (including phenoxy) is 7. The van der Waals surface area contributed by atoms with Gasteiger partial charge in [-0.25, -0.2) is 9.59 Å². The van der Waals surface area contributed by atoms with Crippen LogP contribution in [0.3, 0.4) is 0 Å². The van der Waals surface area contributed by atoms with Gasteiger partial charge in [0.25, 0.3) is 0 Å². The molecule has 1 amide bonds. The predicted octanol–water partition coefficient (Wildman–Crippen LogP) is 6.66. The Morgan fingerprint density at radius 2 is 1.67 bits per heavy atom. The standard InChI is InChI=1S/C39H52N2O10/c1-20(2)13-26(40-37(43)48-22-17-38(5,6)41(44)39(7,8)18-22)36(42)51-35-23-11-12-27-25(15-28(49-27)21(3)4)34(23)50-32-19-47-29-16-31(46-10)30(45-9)14-24(29)33(32)35/h11-12,14,16,20,22,26,28,32-33,35,44H,3,13,15,17-19H2,1-2,4-10H3,(H,40,43)/t26-,28+,32+,33-,35+/m0/s1. The molecule has 12 heteroatoms. The summed E-state index contributed by atoms with van der Waals surface area (Å²) in [5.74, 6) is 1.89. The number of rotatable bonds is 9. The maximum atomic E-state index is 14.3. The average molecular weight is 709 g/mol. The van der Waals surface area contributed by atoms with Gasteiger partial charge in [0.2, 0.25) is 0 Å². The first-order valence-corrected chi connectivity index (χ1v) is 17.7. The largest absolute Gasteiger partial charge is 0.493 e. The van der Waals surface area contributed by atoms with Gasteiger partial charge in [0.05, 0.1) is 20.1 Å². The van der Waals surface area contributed by atoms with Crippen LogP contribution in [0.2, 0.25) is 0 Å². The summed E-state index contributed by atoms with van der Waals surface area (Å²) in [6.07, 6.45) is -0.926. The highest BCUT2D eigenvalue weighted by Gasteiger charge is 2.49. The summed E-state index contributed by atoms with van der Waals surface area (Å²) < 4.78 is 42.7. The first-order valence-electron chi connectivity index (χ1n) is 17.7. The SMILES string of the molecule is C=C(C)[C@H]1Cc2c(ccc3c2O[C@@H]2COc4cc(OC)c(OC)cc4[C@@H]2[C@@H]3OC(=O)[C@H](CC(C)C)NC(=O)OC2CC(C)(C)N(O)C(C)(C)C2)O1. The number of esters is 1. The Morgan fingerprint density at radius 1 is 1.00 bits per heavy atom. The Labute approximate surface area is 300 Å². The Bertz CT molecular complexity index is 1670. The van der Waals surface area contributed by atoms with Gasteiger partial charge in [-0.05, 0) is 70.7 Å². The highest BCUT2D eigenvalue weighted by molar-refractivity contribution is 5.82. The van der Waals surface area contributed by atoms with Gasteiger partial charge in [0, 0.05) is 53.1 Å². The second-order valence-corrected chi connectivity index (χ2v) is 15.9. The van der Waals surface area contributed by atoms with E-state index in [0.29, 0.717) is 60.0 Å². The number of fused-ring (bicyclic) bond motifs is 6. The lowest BCUT2D eigenvalue weighted by Crippen LogP contribution is -2.61. The molecule has 0 radical (unpaired) electrons. The first kappa shape index (κ1) is 36.6. The second kappa shape index (κ2) is 13.8. The molecule has 5 atom stereocenters. The lowest BCUT2D eigenvalue weighted by molar-refractivity contribution is -0.256. The fourth-order valence-corrected chi connectivity index (χ4v) is 8.12. The topological polar surface area (TPSA) is 134 Å². The van der Waals surface area contributed by atoms with E-state index in [0.717, 1.165) is 16.7 Å². The molecule has 12 nitrogen and oxygen atoms in total. The van der Waals surface area contributed by atoms with E-state index in [-0.39, 0.29) is 18.6 Å². The Morgan fingerprint density at radius 3 is 2.29 bits per heavy atom. The van der Waals surface area contributed by atoms with Crippen molar-refractivity contribution < 1.29 is 48.0 Å². The zero-order chi connectivity index (χ0) is 37.0. The monoisotopic (exact) mass is 708 g/mol. The Kier molecular flexibility index (Phi) is 9.88. The molecule has 51 heavy (non-hydrogen) atoms. The highest BCUT2D eigenvalue weighted by atomic mass is 16.6. The molecule has 1 saturated heterocycles. The third-order valence-corrected chi connectivity index (χ3v) is 10.4. The van der Waals surface area contributed by atoms with Gasteiger partial charge < -0.3 is 43.7 Å². The van der Waals surface area contributed by atoms with E-state index in [1.165, 1.54) is 5.06 Å². The van der Waals surface area contributed by atoms with Gasteiger partial charge in [-0.3, -0.25) is 0 Å². The van der Waals surface area contributed by atoms with Crippen molar-refractivity contribution in [3.63, 3.8) is 0 Å². The van der Waals surface area contributed by atoms with Crippen molar-refractivity contribution in [3.8, 4) is 28.7 Å². The number of benzene rings is 2. The van der Waals surface area contributed by atoms with Crippen LogP contribution in [0, 0.1) is 5.92 Å². The molecule has 0 saturated carbocycles. The number of hydroxylamine groups is 2. The quantitative estimate of drug-likeness (QED) is 0.214. The van der Waals surface area contributed by atoms with Crippen LogP contribution in [-0.4, -0.2) is 78.6 Å². The van der Waals surface area contributed by atoms with Crippen LogP contribution in [0.25, 0.3) is 0 Å². The highest BCUT2D eigenvalue weighted by Crippen LogP contribution is 2.55. The van der Waals surface area contributed by atoms with Crippen molar-refractivity contribution in [1.82, 2.24) is 10.4 Å². The van der Waals surface area contributed by atoms with Crippen LogP contribution in [0.4, 0.5) is 4.79 Å². The average Bonchev–Trinajstić information content (AvgIpc) is 3.51. The number of hydrogen-bond acceptors (Lipinski definition) is 11. The van der Waals surface area contributed by atoms with Crippen LogP contribution in [0.1, 0.15) is 96.4 Å². The predicted molar refractivity (Wildman–Crippen MR) is 188 cm³/mol. The van der Waals surface area contributed by atoms with Crippen LogP contribution in [-0.2, 0) is 20.7 Å². The molecule has 0 aliphatic carbocycles. The third-order valence-electron chi connectivity index (χ3n) is 10.4. The minimum atomic E-state index is -0.989. The number of amides is 1. The molecule has 2 aromatic rings. The van der Waals surface area contributed by atoms with Crippen molar-refractivity contribution in [1.29, 1.82) is 0 Å². The summed E-state index contributed by atoms with van der Waals surface area (Å²) in [4.78, 5) is 27.8. The molecule has 4 aliphatic rings. The van der Waals surface area contributed by atoms with Crippen molar-refractivity contribution in [3.05, 3.63) is 53.1 Å². The van der Waals surface area contributed by atoms with E-state index in [1.54, 1.807) is 20.3 Å². The molecule has 278 valence electrons. The minimum Gasteiger partial charge on any atom is -0.493 e. The number of carbonyl (C=O) groups excluding carboxylic acids is 2. The van der Waals surface area contributed by atoms with Crippen LogP contribution in [0.5, 0.6) is 28.7 Å². The molecule has 0 aromatic heterocycles. The summed E-state index contributed by atoms with van der Waals surface area (Å²) in [5.41, 5.74) is 2.01.